The molecule has 5 heteroatoms. The van der Waals surface area contributed by atoms with Gasteiger partial charge in [-0.1, -0.05) is 0 Å². The number of nitrogens with two attached hydrogens (primary N) is 1. The molecular formula is C10H19N3O2. The maximum Gasteiger partial charge on any atom is 0.145 e. The Morgan fingerprint density at radius 3 is 2.80 bits per heavy atom. The summed E-state index contributed by atoms with van der Waals surface area (Å²) in [6.07, 6.45) is 1.88. The van der Waals surface area contributed by atoms with Gasteiger partial charge in [0.05, 0.1) is 13.2 Å². The molecule has 0 aromatic carbocycles. The zero-order chi connectivity index (χ0) is 11.1. The third-order valence-electron chi connectivity index (χ3n) is 1.96. The first-order valence-corrected chi connectivity index (χ1v) is 5.24. The number of hydrogen-bond donors (Lipinski definition) is 1. The highest BCUT2D eigenvalue weighted by Gasteiger charge is 2.09. The van der Waals surface area contributed by atoms with Crippen LogP contribution < -0.4 is 5.73 Å². The molecule has 0 spiro atoms. The monoisotopic (exact) mass is 213 g/mol. The molecule has 5 nitrogen and oxygen atoms in total. The van der Waals surface area contributed by atoms with Gasteiger partial charge in [-0.05, 0) is 19.9 Å². The molecular weight excluding hydrogens is 194 g/mol. The Balaban J connectivity index is 2.42. The van der Waals surface area contributed by atoms with Crippen molar-refractivity contribution in [3.8, 4) is 0 Å². The van der Waals surface area contributed by atoms with Crippen molar-refractivity contribution < 1.29 is 9.47 Å². The molecule has 0 aliphatic rings. The summed E-state index contributed by atoms with van der Waals surface area (Å²) in [6.45, 7) is 6.57. The predicted octanol–water partition coefficient (Wildman–Crippen LogP) is 0.907. The van der Waals surface area contributed by atoms with Crippen LogP contribution in [0.4, 0.5) is 5.82 Å². The molecule has 2 N–H and O–H groups in total. The molecule has 1 atom stereocenters. The Morgan fingerprint density at radius 1 is 1.47 bits per heavy atom. The molecule has 0 aliphatic carbocycles. The Hall–Kier alpha value is -1.07. The number of ether oxygens (including phenoxy) is 2. The molecule has 1 aromatic heterocycles. The molecule has 0 radical (unpaired) electrons. The van der Waals surface area contributed by atoms with Gasteiger partial charge >= 0.3 is 0 Å². The van der Waals surface area contributed by atoms with Crippen LogP contribution >= 0.6 is 0 Å². The largest absolute Gasteiger partial charge is 0.382 e. The second-order valence-electron chi connectivity index (χ2n) is 3.20. The van der Waals surface area contributed by atoms with Crippen LogP contribution in [-0.2, 0) is 16.0 Å². The van der Waals surface area contributed by atoms with Crippen LogP contribution in [0.3, 0.4) is 0 Å². The fourth-order valence-electron chi connectivity index (χ4n) is 1.33. The maximum absolute atomic E-state index is 5.53. The van der Waals surface area contributed by atoms with Crippen LogP contribution in [0.2, 0.25) is 0 Å². The summed E-state index contributed by atoms with van der Waals surface area (Å²) in [6, 6.07) is 1.77. The van der Waals surface area contributed by atoms with E-state index in [1.165, 1.54) is 0 Å². The fraction of sp³-hybridized carbons (Fsp3) is 0.700. The molecule has 0 amide bonds. The van der Waals surface area contributed by atoms with Gasteiger partial charge in [0.2, 0.25) is 0 Å². The molecule has 86 valence electrons. The van der Waals surface area contributed by atoms with E-state index in [2.05, 4.69) is 5.10 Å². The summed E-state index contributed by atoms with van der Waals surface area (Å²) in [5.41, 5.74) is 5.52. The second kappa shape index (κ2) is 6.42. The SMILES string of the molecule is CCOC[C@@H](Cn1ccc(N)n1)OCC. The van der Waals surface area contributed by atoms with Gasteiger partial charge in [0.25, 0.3) is 0 Å². The summed E-state index contributed by atoms with van der Waals surface area (Å²) < 4.78 is 12.6. The maximum atomic E-state index is 5.53. The first-order chi connectivity index (χ1) is 7.26. The molecule has 0 unspecified atom stereocenters. The predicted molar refractivity (Wildman–Crippen MR) is 58.5 cm³/mol. The molecule has 15 heavy (non-hydrogen) atoms. The van der Waals surface area contributed by atoms with Crippen LogP contribution in [0, 0.1) is 0 Å². The van der Waals surface area contributed by atoms with E-state index in [1.807, 2.05) is 20.0 Å². The third kappa shape index (κ3) is 4.31. The average Bonchev–Trinajstić information content (AvgIpc) is 2.61. The van der Waals surface area contributed by atoms with Gasteiger partial charge < -0.3 is 15.2 Å². The number of anilines is 1. The summed E-state index contributed by atoms with van der Waals surface area (Å²) in [5.74, 6) is 0.529. The minimum atomic E-state index is 0.0363. The van der Waals surface area contributed by atoms with Crippen molar-refractivity contribution in [3.05, 3.63) is 12.3 Å². The second-order valence-corrected chi connectivity index (χ2v) is 3.20. The van der Waals surface area contributed by atoms with Crippen LogP contribution in [0.1, 0.15) is 13.8 Å². The lowest BCUT2D eigenvalue weighted by atomic mass is 10.4. The minimum absolute atomic E-state index is 0.0363. The van der Waals surface area contributed by atoms with Crippen molar-refractivity contribution in [2.45, 2.75) is 26.5 Å². The van der Waals surface area contributed by atoms with Crippen molar-refractivity contribution >= 4 is 5.82 Å². The highest BCUT2D eigenvalue weighted by molar-refractivity contribution is 5.23. The van der Waals surface area contributed by atoms with Crippen molar-refractivity contribution in [1.29, 1.82) is 0 Å². The molecule has 1 rings (SSSR count). The quantitative estimate of drug-likeness (QED) is 0.731. The topological polar surface area (TPSA) is 62.3 Å². The lowest BCUT2D eigenvalue weighted by molar-refractivity contribution is -0.0183. The highest BCUT2D eigenvalue weighted by atomic mass is 16.5. The standard InChI is InChI=1S/C10H19N3O2/c1-3-14-8-9(15-4-2)7-13-6-5-10(11)12-13/h5-6,9H,3-4,7-8H2,1-2H3,(H2,11,12)/t9-/m1/s1. The summed E-state index contributed by atoms with van der Waals surface area (Å²) in [4.78, 5) is 0. The van der Waals surface area contributed by atoms with Gasteiger partial charge in [-0.3, -0.25) is 4.68 Å². The zero-order valence-electron chi connectivity index (χ0n) is 9.35. The van der Waals surface area contributed by atoms with Gasteiger partial charge in [0, 0.05) is 19.4 Å². The van der Waals surface area contributed by atoms with Crippen molar-refractivity contribution in [2.75, 3.05) is 25.6 Å². The first-order valence-electron chi connectivity index (χ1n) is 5.24. The molecule has 1 aromatic rings. The van der Waals surface area contributed by atoms with Gasteiger partial charge in [-0.15, -0.1) is 0 Å². The fourth-order valence-corrected chi connectivity index (χ4v) is 1.33. The smallest absolute Gasteiger partial charge is 0.145 e. The van der Waals surface area contributed by atoms with E-state index in [0.29, 0.717) is 32.2 Å². The summed E-state index contributed by atoms with van der Waals surface area (Å²) in [5, 5.41) is 4.10. The van der Waals surface area contributed by atoms with Crippen molar-refractivity contribution in [2.24, 2.45) is 0 Å². The molecule has 0 bridgehead atoms. The first kappa shape index (κ1) is 12.0. The number of hydrogen-bond acceptors (Lipinski definition) is 4. The van der Waals surface area contributed by atoms with Crippen molar-refractivity contribution in [1.82, 2.24) is 9.78 Å². The summed E-state index contributed by atoms with van der Waals surface area (Å²) in [7, 11) is 0. The zero-order valence-corrected chi connectivity index (χ0v) is 9.35. The van der Waals surface area contributed by atoms with Crippen LogP contribution in [-0.4, -0.2) is 35.7 Å². The van der Waals surface area contributed by atoms with E-state index in [9.17, 15) is 0 Å². The number of rotatable bonds is 7. The Bertz CT molecular complexity index is 275. The van der Waals surface area contributed by atoms with Crippen molar-refractivity contribution in [3.63, 3.8) is 0 Å². The van der Waals surface area contributed by atoms with Gasteiger partial charge in [-0.25, -0.2) is 0 Å². The van der Waals surface area contributed by atoms with Crippen LogP contribution in [0.15, 0.2) is 12.3 Å². The minimum Gasteiger partial charge on any atom is -0.382 e. The third-order valence-corrected chi connectivity index (χ3v) is 1.96. The highest BCUT2D eigenvalue weighted by Crippen LogP contribution is 2.01. The van der Waals surface area contributed by atoms with E-state index in [4.69, 9.17) is 15.2 Å². The molecule has 1 heterocycles. The van der Waals surface area contributed by atoms with E-state index in [0.717, 1.165) is 0 Å². The lowest BCUT2D eigenvalue weighted by Gasteiger charge is -2.16. The molecule has 0 fully saturated rings. The summed E-state index contributed by atoms with van der Waals surface area (Å²) >= 11 is 0. The number of nitrogens with zero attached hydrogens (tertiary/aromatic N) is 2. The normalized spacial score (nSPS) is 12.9. The lowest BCUT2D eigenvalue weighted by Crippen LogP contribution is -2.26. The van der Waals surface area contributed by atoms with Gasteiger partial charge in [0.1, 0.15) is 11.9 Å². The molecule has 0 aliphatic heterocycles. The van der Waals surface area contributed by atoms with Crippen LogP contribution in [0.5, 0.6) is 0 Å². The van der Waals surface area contributed by atoms with E-state index >= 15 is 0 Å². The van der Waals surface area contributed by atoms with Gasteiger partial charge in [-0.2, -0.15) is 5.10 Å². The Labute approximate surface area is 90.2 Å². The van der Waals surface area contributed by atoms with E-state index in [-0.39, 0.29) is 6.10 Å². The Kier molecular flexibility index (Phi) is 5.14. The number of nitrogen functional groups attached to an aromatic ring is 1. The average molecular weight is 213 g/mol. The Morgan fingerprint density at radius 2 is 2.27 bits per heavy atom. The van der Waals surface area contributed by atoms with E-state index in [1.54, 1.807) is 10.7 Å². The number of aromatic nitrogens is 2. The molecule has 0 saturated heterocycles. The molecule has 0 saturated carbocycles. The van der Waals surface area contributed by atoms with Crippen LogP contribution in [0.25, 0.3) is 0 Å². The van der Waals surface area contributed by atoms with Gasteiger partial charge in [0.15, 0.2) is 0 Å². The van der Waals surface area contributed by atoms with E-state index < -0.39 is 0 Å².